The zero-order valence-electron chi connectivity index (χ0n) is 21.6. The highest BCUT2D eigenvalue weighted by molar-refractivity contribution is 5.98. The maximum absolute atomic E-state index is 12.8. The molecule has 1 aliphatic carbocycles. The molecule has 0 unspecified atom stereocenters. The van der Waals surface area contributed by atoms with E-state index in [4.69, 9.17) is 0 Å². The Kier molecular flexibility index (Phi) is 6.89. The molecule has 0 bridgehead atoms. The molecular formula is C30H37N3O3. The molecule has 0 radical (unpaired) electrons. The fourth-order valence-electron chi connectivity index (χ4n) is 5.73. The van der Waals surface area contributed by atoms with Crippen LogP contribution in [-0.2, 0) is 22.7 Å². The molecule has 2 amide bonds. The van der Waals surface area contributed by atoms with E-state index >= 15 is 0 Å². The number of aliphatic hydroxyl groups is 1. The van der Waals surface area contributed by atoms with Crippen molar-refractivity contribution in [3.05, 3.63) is 65.2 Å². The van der Waals surface area contributed by atoms with Gasteiger partial charge in [0.2, 0.25) is 11.8 Å². The lowest BCUT2D eigenvalue weighted by Gasteiger charge is -2.44. The third-order valence-corrected chi connectivity index (χ3v) is 7.86. The summed E-state index contributed by atoms with van der Waals surface area (Å²) in [5, 5.41) is 9.91. The number of anilines is 2. The smallest absolute Gasteiger partial charge is 0.225 e. The van der Waals surface area contributed by atoms with Crippen molar-refractivity contribution in [2.45, 2.75) is 59.2 Å². The minimum atomic E-state index is 0.0102. The molecule has 6 heteroatoms. The highest BCUT2D eigenvalue weighted by Crippen LogP contribution is 2.45. The number of benzene rings is 2. The van der Waals surface area contributed by atoms with E-state index < -0.39 is 0 Å². The number of rotatable bonds is 6. The zero-order valence-corrected chi connectivity index (χ0v) is 21.6. The van der Waals surface area contributed by atoms with Gasteiger partial charge in [0, 0.05) is 39.0 Å². The van der Waals surface area contributed by atoms with E-state index in [-0.39, 0.29) is 30.4 Å². The van der Waals surface area contributed by atoms with Gasteiger partial charge in [-0.2, -0.15) is 0 Å². The Morgan fingerprint density at radius 3 is 2.42 bits per heavy atom. The molecule has 1 N–H and O–H groups in total. The molecule has 36 heavy (non-hydrogen) atoms. The van der Waals surface area contributed by atoms with E-state index in [2.05, 4.69) is 35.2 Å². The van der Waals surface area contributed by atoms with Crippen molar-refractivity contribution in [3.8, 4) is 0 Å². The van der Waals surface area contributed by atoms with Crippen LogP contribution < -0.4 is 9.80 Å². The Morgan fingerprint density at radius 2 is 1.81 bits per heavy atom. The number of carbonyl (C=O) groups is 2. The van der Waals surface area contributed by atoms with Gasteiger partial charge >= 0.3 is 0 Å². The third kappa shape index (κ3) is 4.79. The summed E-state index contributed by atoms with van der Waals surface area (Å²) >= 11 is 0. The predicted molar refractivity (Wildman–Crippen MR) is 144 cm³/mol. The number of fused-ring (bicyclic) bond motifs is 1. The van der Waals surface area contributed by atoms with Crippen molar-refractivity contribution in [1.29, 1.82) is 0 Å². The standard InChI is InChI=1S/C30H37N3O3/c1-20(2)30(36)31-14-12-22(13-15-31)24-10-11-27-28(16-24)32(17-25-6-4-5-7-26(25)19-34)18-29(23-8-9-23)33(27)21(3)35/h4-7,10-12,16,20,23,29,34H,8-9,13-15,17-19H2,1-3H3/t29-/m1/s1. The Labute approximate surface area is 214 Å². The molecule has 0 aromatic heterocycles. The lowest BCUT2D eigenvalue weighted by atomic mass is 9.95. The zero-order chi connectivity index (χ0) is 25.4. The predicted octanol–water partition coefficient (Wildman–Crippen LogP) is 4.60. The van der Waals surface area contributed by atoms with Gasteiger partial charge in [0.15, 0.2) is 0 Å². The second-order valence-corrected chi connectivity index (χ2v) is 10.7. The summed E-state index contributed by atoms with van der Waals surface area (Å²) in [5.41, 5.74) is 6.50. The van der Waals surface area contributed by atoms with E-state index in [1.54, 1.807) is 6.92 Å². The number of amides is 2. The summed E-state index contributed by atoms with van der Waals surface area (Å²) < 4.78 is 0. The van der Waals surface area contributed by atoms with Crippen molar-refractivity contribution in [2.24, 2.45) is 11.8 Å². The normalized spacial score (nSPS) is 19.9. The molecule has 1 saturated carbocycles. The summed E-state index contributed by atoms with van der Waals surface area (Å²) in [7, 11) is 0. The van der Waals surface area contributed by atoms with Gasteiger partial charge in [-0.15, -0.1) is 0 Å². The molecule has 5 rings (SSSR count). The molecule has 1 fully saturated rings. The van der Waals surface area contributed by atoms with E-state index in [1.165, 1.54) is 18.4 Å². The van der Waals surface area contributed by atoms with Crippen LogP contribution in [0.2, 0.25) is 0 Å². The van der Waals surface area contributed by atoms with Crippen LogP contribution in [0.15, 0.2) is 48.5 Å². The van der Waals surface area contributed by atoms with Crippen LogP contribution in [0.5, 0.6) is 0 Å². The Hall–Kier alpha value is -3.12. The van der Waals surface area contributed by atoms with Crippen LogP contribution in [0.3, 0.4) is 0 Å². The summed E-state index contributed by atoms with van der Waals surface area (Å²) in [6, 6.07) is 14.7. The molecule has 3 aliphatic rings. The molecule has 0 saturated heterocycles. The Morgan fingerprint density at radius 1 is 1.06 bits per heavy atom. The fourth-order valence-corrected chi connectivity index (χ4v) is 5.73. The SMILES string of the molecule is CC(=O)N1c2ccc(C3=CCN(C(=O)C(C)C)CC3)cc2N(Cc2ccccc2CO)C[C@@H]1C1CC1. The van der Waals surface area contributed by atoms with E-state index in [0.717, 1.165) is 47.6 Å². The first-order valence-corrected chi connectivity index (χ1v) is 13.2. The summed E-state index contributed by atoms with van der Waals surface area (Å²) in [5.74, 6) is 0.850. The van der Waals surface area contributed by atoms with Crippen LogP contribution >= 0.6 is 0 Å². The molecular weight excluding hydrogens is 450 g/mol. The average Bonchev–Trinajstić information content (AvgIpc) is 3.73. The summed E-state index contributed by atoms with van der Waals surface area (Å²) in [6.07, 6.45) is 5.34. The maximum atomic E-state index is 12.8. The average molecular weight is 488 g/mol. The number of nitrogens with zero attached hydrogens (tertiary/aromatic N) is 3. The molecule has 2 aromatic carbocycles. The molecule has 2 aliphatic heterocycles. The third-order valence-electron chi connectivity index (χ3n) is 7.86. The molecule has 2 aromatic rings. The van der Waals surface area contributed by atoms with Crippen LogP contribution in [0, 0.1) is 11.8 Å². The van der Waals surface area contributed by atoms with Gasteiger partial charge in [-0.05, 0) is 59.6 Å². The first-order chi connectivity index (χ1) is 17.4. The minimum Gasteiger partial charge on any atom is -0.392 e. The number of hydrogen-bond acceptors (Lipinski definition) is 4. The number of aliphatic hydroxyl groups excluding tert-OH is 1. The summed E-state index contributed by atoms with van der Waals surface area (Å²) in [6.45, 7) is 8.44. The van der Waals surface area contributed by atoms with Gasteiger partial charge in [-0.25, -0.2) is 0 Å². The maximum Gasteiger partial charge on any atom is 0.225 e. The Bertz CT molecular complexity index is 1180. The topological polar surface area (TPSA) is 64.1 Å². The van der Waals surface area contributed by atoms with Crippen molar-refractivity contribution in [1.82, 2.24) is 4.90 Å². The molecule has 2 heterocycles. The quantitative estimate of drug-likeness (QED) is 0.647. The van der Waals surface area contributed by atoms with Crippen molar-refractivity contribution in [3.63, 3.8) is 0 Å². The van der Waals surface area contributed by atoms with Gasteiger partial charge in [0.05, 0.1) is 24.0 Å². The lowest BCUT2D eigenvalue weighted by molar-refractivity contribution is -0.134. The van der Waals surface area contributed by atoms with E-state index in [0.29, 0.717) is 19.0 Å². The number of carbonyl (C=O) groups excluding carboxylic acids is 2. The molecule has 6 nitrogen and oxygen atoms in total. The van der Waals surface area contributed by atoms with Crippen LogP contribution in [0.25, 0.3) is 5.57 Å². The van der Waals surface area contributed by atoms with Crippen LogP contribution in [0.1, 0.15) is 56.7 Å². The van der Waals surface area contributed by atoms with Crippen LogP contribution in [-0.4, -0.2) is 47.5 Å². The van der Waals surface area contributed by atoms with Crippen molar-refractivity contribution < 1.29 is 14.7 Å². The van der Waals surface area contributed by atoms with Crippen molar-refractivity contribution >= 4 is 28.8 Å². The second-order valence-electron chi connectivity index (χ2n) is 10.7. The molecule has 0 spiro atoms. The first-order valence-electron chi connectivity index (χ1n) is 13.2. The Balaban J connectivity index is 1.50. The van der Waals surface area contributed by atoms with E-state index in [1.807, 2.05) is 41.8 Å². The van der Waals surface area contributed by atoms with Gasteiger partial charge in [0.1, 0.15) is 0 Å². The lowest BCUT2D eigenvalue weighted by Crippen LogP contribution is -2.52. The first kappa shape index (κ1) is 24.6. The highest BCUT2D eigenvalue weighted by atomic mass is 16.3. The monoisotopic (exact) mass is 487 g/mol. The fraction of sp³-hybridized carbons (Fsp3) is 0.467. The van der Waals surface area contributed by atoms with Gasteiger partial charge < -0.3 is 19.8 Å². The number of hydrogen-bond donors (Lipinski definition) is 1. The van der Waals surface area contributed by atoms with Gasteiger partial charge in [-0.1, -0.05) is 50.3 Å². The molecule has 190 valence electrons. The van der Waals surface area contributed by atoms with Crippen molar-refractivity contribution in [2.75, 3.05) is 29.4 Å². The molecule has 1 atom stereocenters. The minimum absolute atomic E-state index is 0.0102. The summed E-state index contributed by atoms with van der Waals surface area (Å²) in [4.78, 5) is 31.6. The van der Waals surface area contributed by atoms with E-state index in [9.17, 15) is 14.7 Å². The van der Waals surface area contributed by atoms with Crippen LogP contribution in [0.4, 0.5) is 11.4 Å². The van der Waals surface area contributed by atoms with Gasteiger partial charge in [0.25, 0.3) is 0 Å². The van der Waals surface area contributed by atoms with Gasteiger partial charge in [-0.3, -0.25) is 9.59 Å². The highest BCUT2D eigenvalue weighted by Gasteiger charge is 2.42. The largest absolute Gasteiger partial charge is 0.392 e. The second kappa shape index (κ2) is 10.1.